The van der Waals surface area contributed by atoms with Gasteiger partial charge in [-0.1, -0.05) is 15.9 Å². The molecule has 1 aromatic carbocycles. The fourth-order valence-corrected chi connectivity index (χ4v) is 2.92. The standard InChI is InChI=1S/C14H15BrN2O3S/c15-10-1-3-11(4-2-10)21-8-7-16-12(18)9-17-13(19)5-6-14(17)20/h1-4H,5-9H2,(H,16,18). The van der Waals surface area contributed by atoms with Gasteiger partial charge >= 0.3 is 0 Å². The van der Waals surface area contributed by atoms with Gasteiger partial charge in [0.15, 0.2) is 0 Å². The van der Waals surface area contributed by atoms with Crippen LogP contribution in [0.25, 0.3) is 0 Å². The average molecular weight is 371 g/mol. The van der Waals surface area contributed by atoms with Crippen molar-refractivity contribution in [2.24, 2.45) is 0 Å². The van der Waals surface area contributed by atoms with Gasteiger partial charge in [0.1, 0.15) is 6.54 Å². The van der Waals surface area contributed by atoms with Crippen molar-refractivity contribution < 1.29 is 14.4 Å². The van der Waals surface area contributed by atoms with Gasteiger partial charge in [-0.25, -0.2) is 0 Å². The SMILES string of the molecule is O=C(CN1C(=O)CCC1=O)NCCSc1ccc(Br)cc1. The molecular formula is C14H15BrN2O3S. The second-order valence-electron chi connectivity index (χ2n) is 4.53. The third-order valence-corrected chi connectivity index (χ3v) is 4.51. The summed E-state index contributed by atoms with van der Waals surface area (Å²) in [6.07, 6.45) is 0.428. The number of hydrogen-bond acceptors (Lipinski definition) is 4. The van der Waals surface area contributed by atoms with Gasteiger partial charge in [-0.2, -0.15) is 0 Å². The molecule has 1 saturated heterocycles. The van der Waals surface area contributed by atoms with E-state index in [-0.39, 0.29) is 37.1 Å². The summed E-state index contributed by atoms with van der Waals surface area (Å²) in [5.74, 6) is -0.0938. The van der Waals surface area contributed by atoms with Gasteiger partial charge in [-0.05, 0) is 24.3 Å². The average Bonchev–Trinajstić information content (AvgIpc) is 2.77. The van der Waals surface area contributed by atoms with Gasteiger partial charge in [-0.3, -0.25) is 19.3 Å². The van der Waals surface area contributed by atoms with Crippen LogP contribution in [-0.4, -0.2) is 41.5 Å². The van der Waals surface area contributed by atoms with Crippen molar-refractivity contribution >= 4 is 45.4 Å². The van der Waals surface area contributed by atoms with E-state index in [0.717, 1.165) is 20.0 Å². The van der Waals surface area contributed by atoms with Crippen LogP contribution in [0.2, 0.25) is 0 Å². The molecule has 1 aliphatic heterocycles. The summed E-state index contributed by atoms with van der Waals surface area (Å²) >= 11 is 5.00. The predicted molar refractivity (Wildman–Crippen MR) is 83.8 cm³/mol. The number of hydrogen-bond donors (Lipinski definition) is 1. The van der Waals surface area contributed by atoms with Crippen molar-refractivity contribution in [2.45, 2.75) is 17.7 Å². The molecule has 21 heavy (non-hydrogen) atoms. The Bertz CT molecular complexity index is 532. The maximum absolute atomic E-state index is 11.7. The molecule has 0 saturated carbocycles. The lowest BCUT2D eigenvalue weighted by Gasteiger charge is -2.13. The Kier molecular flexibility index (Phi) is 5.81. The van der Waals surface area contributed by atoms with Gasteiger partial charge in [0.2, 0.25) is 17.7 Å². The van der Waals surface area contributed by atoms with E-state index in [1.807, 2.05) is 24.3 Å². The zero-order valence-corrected chi connectivity index (χ0v) is 13.7. The van der Waals surface area contributed by atoms with E-state index in [9.17, 15) is 14.4 Å². The second-order valence-corrected chi connectivity index (χ2v) is 6.61. The van der Waals surface area contributed by atoms with Gasteiger partial charge in [0.25, 0.3) is 0 Å². The summed E-state index contributed by atoms with van der Waals surface area (Å²) in [5, 5.41) is 2.72. The third kappa shape index (κ3) is 4.86. The highest BCUT2D eigenvalue weighted by atomic mass is 79.9. The van der Waals surface area contributed by atoms with Crippen LogP contribution < -0.4 is 5.32 Å². The lowest BCUT2D eigenvalue weighted by Crippen LogP contribution is -2.40. The first-order chi connectivity index (χ1) is 10.1. The van der Waals surface area contributed by atoms with E-state index < -0.39 is 0 Å². The number of amides is 3. The van der Waals surface area contributed by atoms with E-state index in [1.54, 1.807) is 11.8 Å². The highest BCUT2D eigenvalue weighted by Gasteiger charge is 2.30. The molecule has 1 heterocycles. The first kappa shape index (κ1) is 16.0. The van der Waals surface area contributed by atoms with Gasteiger partial charge in [0, 0.05) is 34.5 Å². The highest BCUT2D eigenvalue weighted by molar-refractivity contribution is 9.10. The molecule has 3 amide bonds. The number of imide groups is 1. The summed E-state index contributed by atoms with van der Waals surface area (Å²) in [5.41, 5.74) is 0. The van der Waals surface area contributed by atoms with E-state index in [4.69, 9.17) is 0 Å². The maximum atomic E-state index is 11.7. The molecule has 1 aromatic rings. The fraction of sp³-hybridized carbons (Fsp3) is 0.357. The lowest BCUT2D eigenvalue weighted by atomic mass is 10.4. The Morgan fingerprint density at radius 2 is 1.81 bits per heavy atom. The minimum absolute atomic E-state index is 0.166. The highest BCUT2D eigenvalue weighted by Crippen LogP contribution is 2.19. The summed E-state index contributed by atoms with van der Waals surface area (Å²) in [7, 11) is 0. The Morgan fingerprint density at radius 3 is 2.43 bits per heavy atom. The molecule has 112 valence electrons. The van der Waals surface area contributed by atoms with E-state index in [1.165, 1.54) is 0 Å². The molecule has 0 aromatic heterocycles. The number of rotatable bonds is 6. The normalized spacial score (nSPS) is 14.6. The third-order valence-electron chi connectivity index (χ3n) is 2.96. The first-order valence-electron chi connectivity index (χ1n) is 6.54. The zero-order chi connectivity index (χ0) is 15.2. The fourth-order valence-electron chi connectivity index (χ4n) is 1.89. The van der Waals surface area contributed by atoms with Crippen molar-refractivity contribution in [3.8, 4) is 0 Å². The number of nitrogens with one attached hydrogen (secondary N) is 1. The minimum Gasteiger partial charge on any atom is -0.354 e. The Balaban J connectivity index is 1.66. The van der Waals surface area contributed by atoms with Crippen molar-refractivity contribution in [3.05, 3.63) is 28.7 Å². The maximum Gasteiger partial charge on any atom is 0.240 e. The number of carbonyl (C=O) groups excluding carboxylic acids is 3. The van der Waals surface area contributed by atoms with Gasteiger partial charge in [0.05, 0.1) is 0 Å². The van der Waals surface area contributed by atoms with Crippen molar-refractivity contribution in [1.29, 1.82) is 0 Å². The molecule has 0 spiro atoms. The lowest BCUT2D eigenvalue weighted by molar-refractivity contribution is -0.142. The van der Waals surface area contributed by atoms with Gasteiger partial charge in [-0.15, -0.1) is 11.8 Å². The molecule has 1 fully saturated rings. The van der Waals surface area contributed by atoms with Crippen LogP contribution >= 0.6 is 27.7 Å². The summed E-state index contributed by atoms with van der Waals surface area (Å²) in [6.45, 7) is 0.330. The molecule has 5 nitrogen and oxygen atoms in total. The Hall–Kier alpha value is -1.34. The van der Waals surface area contributed by atoms with E-state index in [0.29, 0.717) is 6.54 Å². The molecule has 0 bridgehead atoms. The van der Waals surface area contributed by atoms with Crippen molar-refractivity contribution in [2.75, 3.05) is 18.8 Å². The number of halogens is 1. The summed E-state index contributed by atoms with van der Waals surface area (Å²) < 4.78 is 1.03. The predicted octanol–water partition coefficient (Wildman–Crippen LogP) is 1.81. The van der Waals surface area contributed by atoms with Crippen LogP contribution in [0.3, 0.4) is 0 Å². The van der Waals surface area contributed by atoms with Crippen LogP contribution in [0.4, 0.5) is 0 Å². The zero-order valence-electron chi connectivity index (χ0n) is 11.3. The summed E-state index contributed by atoms with van der Waals surface area (Å²) in [4.78, 5) is 36.6. The Labute approximate surface area is 135 Å². The Morgan fingerprint density at radius 1 is 1.19 bits per heavy atom. The minimum atomic E-state index is -0.296. The monoisotopic (exact) mass is 370 g/mol. The molecule has 0 radical (unpaired) electrons. The number of nitrogens with zero attached hydrogens (tertiary/aromatic N) is 1. The van der Waals surface area contributed by atoms with E-state index >= 15 is 0 Å². The molecule has 2 rings (SSSR count). The number of thioether (sulfide) groups is 1. The van der Waals surface area contributed by atoms with Crippen LogP contribution in [0, 0.1) is 0 Å². The van der Waals surface area contributed by atoms with Crippen LogP contribution in [0.1, 0.15) is 12.8 Å². The smallest absolute Gasteiger partial charge is 0.240 e. The molecule has 0 unspecified atom stereocenters. The first-order valence-corrected chi connectivity index (χ1v) is 8.32. The second kappa shape index (κ2) is 7.61. The molecular weight excluding hydrogens is 356 g/mol. The van der Waals surface area contributed by atoms with Crippen LogP contribution in [-0.2, 0) is 14.4 Å². The molecule has 1 N–H and O–H groups in total. The van der Waals surface area contributed by atoms with Crippen molar-refractivity contribution in [1.82, 2.24) is 10.2 Å². The van der Waals surface area contributed by atoms with Crippen LogP contribution in [0.5, 0.6) is 0 Å². The summed E-state index contributed by atoms with van der Waals surface area (Å²) in [6, 6.07) is 7.92. The van der Waals surface area contributed by atoms with Crippen LogP contribution in [0.15, 0.2) is 33.6 Å². The van der Waals surface area contributed by atoms with Crippen molar-refractivity contribution in [3.63, 3.8) is 0 Å². The largest absolute Gasteiger partial charge is 0.354 e. The molecule has 1 aliphatic rings. The topological polar surface area (TPSA) is 66.5 Å². The quantitative estimate of drug-likeness (QED) is 0.471. The number of benzene rings is 1. The number of carbonyl (C=O) groups is 3. The number of likely N-dealkylation sites (tertiary alicyclic amines) is 1. The molecule has 7 heteroatoms. The van der Waals surface area contributed by atoms with E-state index in [2.05, 4.69) is 21.2 Å². The molecule has 0 atom stereocenters. The molecule has 0 aliphatic carbocycles. The van der Waals surface area contributed by atoms with Gasteiger partial charge < -0.3 is 5.32 Å².